The second-order valence-corrected chi connectivity index (χ2v) is 4.26. The molecule has 0 aromatic carbocycles. The number of amides is 1. The summed E-state index contributed by atoms with van der Waals surface area (Å²) in [5.74, 6) is -1.38. The quantitative estimate of drug-likeness (QED) is 0.549. The number of rotatable bonds is 5. The van der Waals surface area contributed by atoms with Crippen LogP contribution in [-0.2, 0) is 14.3 Å². The van der Waals surface area contributed by atoms with Gasteiger partial charge in [0.15, 0.2) is 0 Å². The summed E-state index contributed by atoms with van der Waals surface area (Å²) in [6, 6.07) is 0. The van der Waals surface area contributed by atoms with Gasteiger partial charge in [0.05, 0.1) is 6.10 Å². The van der Waals surface area contributed by atoms with E-state index in [1.54, 1.807) is 0 Å². The number of hydrogen-bond acceptors (Lipinski definition) is 3. The minimum absolute atomic E-state index is 0.0509. The summed E-state index contributed by atoms with van der Waals surface area (Å²) in [4.78, 5) is 22.2. The largest absolute Gasteiger partial charge is 0.480 e. The first-order chi connectivity index (χ1) is 8.63. The van der Waals surface area contributed by atoms with Gasteiger partial charge in [0.1, 0.15) is 14.4 Å². The van der Waals surface area contributed by atoms with E-state index in [9.17, 15) is 9.59 Å². The number of aliphatic carboxylic acids is 1. The van der Waals surface area contributed by atoms with Gasteiger partial charge in [-0.05, 0) is 25.7 Å². The number of ether oxygens (including phenoxy) is 1. The lowest BCUT2D eigenvalue weighted by atomic mass is 9.92. The number of carboxylic acids is 1. The first kappa shape index (κ1) is 14.8. The highest BCUT2D eigenvalue weighted by molar-refractivity contribution is 6.08. The fourth-order valence-corrected chi connectivity index (χ4v) is 1.98. The lowest BCUT2D eigenvalue weighted by molar-refractivity contribution is -0.138. The van der Waals surface area contributed by atoms with Gasteiger partial charge in [-0.3, -0.25) is 9.59 Å². The fraction of sp³-hybridized carbons (Fsp3) is 0.667. The van der Waals surface area contributed by atoms with Crippen LogP contribution in [0.15, 0.2) is 12.2 Å². The summed E-state index contributed by atoms with van der Waals surface area (Å²) in [5.41, 5.74) is 0. The predicted molar refractivity (Wildman–Crippen MR) is 67.2 cm³/mol. The van der Waals surface area contributed by atoms with E-state index in [-0.39, 0.29) is 31.0 Å². The first-order valence-electron chi connectivity index (χ1n) is 6.11. The number of carbonyl (C=O) groups excluding carboxylic acids is 1. The maximum Gasteiger partial charge on any atom is 0.322 e. The van der Waals surface area contributed by atoms with E-state index in [1.165, 1.54) is 0 Å². The van der Waals surface area contributed by atoms with Crippen molar-refractivity contribution in [2.24, 2.45) is 5.92 Å². The van der Waals surface area contributed by atoms with Crippen molar-refractivity contribution in [3.8, 4) is 0 Å². The normalized spacial score (nSPS) is 25.8. The number of allylic oxidation sites excluding steroid dienone is 1. The molecular weight excluding hydrogens is 233 g/mol. The average molecular weight is 251 g/mol. The zero-order valence-electron chi connectivity index (χ0n) is 10.3. The molecule has 18 heavy (non-hydrogen) atoms. The summed E-state index contributed by atoms with van der Waals surface area (Å²) < 4.78 is 5.31. The number of carboxylic acid groups (broad SMARTS) is 1. The maximum atomic E-state index is 11.8. The van der Waals surface area contributed by atoms with Crippen molar-refractivity contribution < 1.29 is 19.4 Å². The molecule has 1 aliphatic rings. The van der Waals surface area contributed by atoms with E-state index in [2.05, 4.69) is 5.32 Å². The third-order valence-electron chi connectivity index (χ3n) is 2.93. The Balaban J connectivity index is 2.44. The van der Waals surface area contributed by atoms with Gasteiger partial charge in [0.2, 0.25) is 5.91 Å². The topological polar surface area (TPSA) is 75.6 Å². The van der Waals surface area contributed by atoms with Gasteiger partial charge in [0, 0.05) is 12.4 Å². The molecule has 2 atom stereocenters. The highest BCUT2D eigenvalue weighted by atomic mass is 16.5. The molecule has 0 aromatic heterocycles. The lowest BCUT2D eigenvalue weighted by Crippen LogP contribution is -2.35. The molecule has 6 heteroatoms. The van der Waals surface area contributed by atoms with Gasteiger partial charge in [0.25, 0.3) is 0 Å². The predicted octanol–water partition coefficient (Wildman–Crippen LogP) is 0.445. The highest BCUT2D eigenvalue weighted by Crippen LogP contribution is 2.20. The summed E-state index contributed by atoms with van der Waals surface area (Å²) in [5, 5.41) is 10.9. The van der Waals surface area contributed by atoms with Crippen LogP contribution in [0.25, 0.3) is 0 Å². The Hall–Kier alpha value is -1.30. The molecule has 0 saturated carbocycles. The van der Waals surface area contributed by atoms with Crippen molar-refractivity contribution in [2.75, 3.05) is 13.1 Å². The van der Waals surface area contributed by atoms with Gasteiger partial charge >= 0.3 is 5.97 Å². The van der Waals surface area contributed by atoms with Gasteiger partial charge in [-0.15, -0.1) is 0 Å². The van der Waals surface area contributed by atoms with Crippen LogP contribution in [0.4, 0.5) is 0 Å². The summed E-state index contributed by atoms with van der Waals surface area (Å²) in [7, 11) is 5.32. The molecule has 2 N–H and O–H groups in total. The van der Waals surface area contributed by atoms with Crippen molar-refractivity contribution in [3.63, 3.8) is 0 Å². The van der Waals surface area contributed by atoms with E-state index < -0.39 is 5.97 Å². The summed E-state index contributed by atoms with van der Waals surface area (Å²) >= 11 is 0. The molecule has 2 radical (unpaired) electrons. The van der Waals surface area contributed by atoms with Crippen LogP contribution in [0, 0.1) is 5.92 Å². The molecule has 0 bridgehead atoms. The molecule has 98 valence electrons. The number of carbonyl (C=O) groups is 2. The van der Waals surface area contributed by atoms with Crippen LogP contribution in [0.3, 0.4) is 0 Å². The molecule has 0 saturated heterocycles. The third kappa shape index (κ3) is 5.36. The highest BCUT2D eigenvalue weighted by Gasteiger charge is 2.21. The van der Waals surface area contributed by atoms with Gasteiger partial charge < -0.3 is 15.2 Å². The molecule has 1 amide bonds. The number of nitrogens with one attached hydrogen (secondary N) is 1. The van der Waals surface area contributed by atoms with E-state index in [0.717, 1.165) is 19.3 Å². The minimum atomic E-state index is -1.03. The zero-order chi connectivity index (χ0) is 13.4. The van der Waals surface area contributed by atoms with Crippen LogP contribution in [0.1, 0.15) is 25.7 Å². The van der Waals surface area contributed by atoms with Crippen LogP contribution in [0.5, 0.6) is 0 Å². The van der Waals surface area contributed by atoms with E-state index in [4.69, 9.17) is 17.7 Å². The molecule has 1 aliphatic carbocycles. The summed E-state index contributed by atoms with van der Waals surface area (Å²) in [6.07, 6.45) is 6.83. The monoisotopic (exact) mass is 251 g/mol. The molecule has 0 spiro atoms. The molecule has 1 rings (SSSR count). The zero-order valence-corrected chi connectivity index (χ0v) is 10.3. The molecule has 0 heterocycles. The Morgan fingerprint density at radius 1 is 1.39 bits per heavy atom. The van der Waals surface area contributed by atoms with Crippen LogP contribution in [0.2, 0.25) is 0 Å². The minimum Gasteiger partial charge on any atom is -0.480 e. The molecular formula is C12H18BNO4. The van der Waals surface area contributed by atoms with Crippen LogP contribution >= 0.6 is 0 Å². The van der Waals surface area contributed by atoms with Crippen molar-refractivity contribution >= 4 is 19.7 Å². The van der Waals surface area contributed by atoms with Gasteiger partial charge in [-0.2, -0.15) is 0 Å². The third-order valence-corrected chi connectivity index (χ3v) is 2.93. The van der Waals surface area contributed by atoms with E-state index >= 15 is 0 Å². The van der Waals surface area contributed by atoms with Crippen molar-refractivity contribution in [1.29, 1.82) is 0 Å². The molecule has 0 fully saturated rings. The molecule has 2 unspecified atom stereocenters. The van der Waals surface area contributed by atoms with Crippen LogP contribution in [-0.4, -0.2) is 44.0 Å². The molecule has 0 aromatic rings. The number of hydrogen-bond donors (Lipinski definition) is 2. The van der Waals surface area contributed by atoms with Crippen molar-refractivity contribution in [2.45, 2.75) is 31.8 Å². The molecule has 5 nitrogen and oxygen atoms in total. The lowest BCUT2D eigenvalue weighted by Gasteiger charge is -2.21. The maximum absolute atomic E-state index is 11.8. The Morgan fingerprint density at radius 3 is 2.83 bits per heavy atom. The Bertz CT molecular complexity index is 319. The van der Waals surface area contributed by atoms with Crippen molar-refractivity contribution in [3.05, 3.63) is 12.2 Å². The van der Waals surface area contributed by atoms with E-state index in [0.29, 0.717) is 6.42 Å². The Morgan fingerprint density at radius 2 is 2.17 bits per heavy atom. The SMILES string of the molecule is [B]COC1/C=C/CCC(C(=O)NCC(=O)O)CC1. The average Bonchev–Trinajstić information content (AvgIpc) is 2.30. The Labute approximate surface area is 108 Å². The smallest absolute Gasteiger partial charge is 0.322 e. The molecule has 0 aliphatic heterocycles. The summed E-state index contributed by atoms with van der Waals surface area (Å²) in [6.45, 7) is -0.168. The first-order valence-corrected chi connectivity index (χ1v) is 6.11. The second kappa shape index (κ2) is 7.92. The van der Waals surface area contributed by atoms with Gasteiger partial charge in [-0.1, -0.05) is 12.2 Å². The van der Waals surface area contributed by atoms with E-state index in [1.807, 2.05) is 12.2 Å². The fourth-order valence-electron chi connectivity index (χ4n) is 1.98. The Kier molecular flexibility index (Phi) is 6.50. The van der Waals surface area contributed by atoms with Crippen molar-refractivity contribution in [1.82, 2.24) is 5.32 Å². The van der Waals surface area contributed by atoms with Gasteiger partial charge in [-0.25, -0.2) is 0 Å². The van der Waals surface area contributed by atoms with Crippen LogP contribution < -0.4 is 5.32 Å². The second-order valence-electron chi connectivity index (χ2n) is 4.26. The standard InChI is InChI=1S/C12H18BNO4/c13-8-18-10-4-2-1-3-9(5-6-10)12(17)14-7-11(15)16/h2,4,9-10H,1,3,5-8H2,(H,14,17)(H,15,16)/b4-2+.